The van der Waals surface area contributed by atoms with Gasteiger partial charge in [-0.2, -0.15) is 0 Å². The predicted octanol–water partition coefficient (Wildman–Crippen LogP) is 2.46. The number of likely N-dealkylation sites (tertiary alicyclic amines) is 1. The zero-order valence-electron chi connectivity index (χ0n) is 12.5. The second kappa shape index (κ2) is 6.46. The van der Waals surface area contributed by atoms with E-state index in [1.165, 1.54) is 19.3 Å². The van der Waals surface area contributed by atoms with Gasteiger partial charge in [0.25, 0.3) is 0 Å². The van der Waals surface area contributed by atoms with Crippen LogP contribution in [0.3, 0.4) is 0 Å². The normalized spacial score (nSPS) is 28.6. The fraction of sp³-hybridized carbons (Fsp3) is 0.867. The Morgan fingerprint density at radius 3 is 2.65 bits per heavy atom. The Labute approximate surface area is 120 Å². The van der Waals surface area contributed by atoms with E-state index >= 15 is 0 Å². The lowest BCUT2D eigenvalue weighted by Crippen LogP contribution is -2.55. The van der Waals surface area contributed by atoms with E-state index in [0.717, 1.165) is 25.8 Å². The van der Waals surface area contributed by atoms with Crippen molar-refractivity contribution in [2.45, 2.75) is 64.5 Å². The average Bonchev–Trinajstić information content (AvgIpc) is 2.91. The summed E-state index contributed by atoms with van der Waals surface area (Å²) in [5, 5.41) is 12.0. The third-order valence-corrected chi connectivity index (χ3v) is 5.01. The molecule has 2 rings (SSSR count). The van der Waals surface area contributed by atoms with Crippen molar-refractivity contribution >= 4 is 12.0 Å². The lowest BCUT2D eigenvalue weighted by molar-refractivity contribution is -0.140. The van der Waals surface area contributed by atoms with E-state index in [1.54, 1.807) is 0 Å². The molecule has 0 spiro atoms. The van der Waals surface area contributed by atoms with Gasteiger partial charge in [-0.05, 0) is 37.5 Å². The highest BCUT2D eigenvalue weighted by atomic mass is 16.4. The number of aliphatic carboxylic acids is 1. The molecular formula is C15H26N2O3. The molecule has 2 amide bonds. The van der Waals surface area contributed by atoms with Crippen LogP contribution in [0.15, 0.2) is 0 Å². The number of rotatable bonds is 4. The number of carbonyl (C=O) groups is 2. The van der Waals surface area contributed by atoms with Crippen LogP contribution in [0.25, 0.3) is 0 Å². The second-order valence-corrected chi connectivity index (χ2v) is 6.24. The Kier molecular flexibility index (Phi) is 4.89. The topological polar surface area (TPSA) is 69.6 Å². The molecule has 0 aromatic heterocycles. The summed E-state index contributed by atoms with van der Waals surface area (Å²) >= 11 is 0. The van der Waals surface area contributed by atoms with Crippen LogP contribution >= 0.6 is 0 Å². The summed E-state index contributed by atoms with van der Waals surface area (Å²) < 4.78 is 0. The minimum Gasteiger partial charge on any atom is -0.480 e. The lowest BCUT2D eigenvalue weighted by Gasteiger charge is -2.38. The van der Waals surface area contributed by atoms with Crippen molar-refractivity contribution in [2.75, 3.05) is 6.54 Å². The quantitative estimate of drug-likeness (QED) is 0.832. The summed E-state index contributed by atoms with van der Waals surface area (Å²) in [5.74, 6) is -0.366. The van der Waals surface area contributed by atoms with Gasteiger partial charge in [-0.25, -0.2) is 9.59 Å². The monoisotopic (exact) mass is 282 g/mol. The number of hydrogen-bond acceptors (Lipinski definition) is 2. The van der Waals surface area contributed by atoms with Crippen LogP contribution in [0.1, 0.15) is 52.4 Å². The number of nitrogens with zero attached hydrogens (tertiary/aromatic N) is 1. The molecule has 0 aromatic carbocycles. The van der Waals surface area contributed by atoms with Crippen LogP contribution in [0.2, 0.25) is 0 Å². The SMILES string of the molecule is CCC(C)[C@H](NC(=O)N1CCCC2CCCC21)C(=O)O. The third kappa shape index (κ3) is 3.07. The van der Waals surface area contributed by atoms with Gasteiger partial charge >= 0.3 is 12.0 Å². The van der Waals surface area contributed by atoms with Crippen molar-refractivity contribution in [3.63, 3.8) is 0 Å². The predicted molar refractivity (Wildman–Crippen MR) is 76.5 cm³/mol. The van der Waals surface area contributed by atoms with Crippen LogP contribution in [0.5, 0.6) is 0 Å². The number of carboxylic acids is 1. The van der Waals surface area contributed by atoms with Crippen molar-refractivity contribution in [3.8, 4) is 0 Å². The van der Waals surface area contributed by atoms with Gasteiger partial charge in [0.15, 0.2) is 0 Å². The van der Waals surface area contributed by atoms with Gasteiger partial charge in [0.2, 0.25) is 0 Å². The molecule has 1 saturated heterocycles. The summed E-state index contributed by atoms with van der Waals surface area (Å²) in [7, 11) is 0. The number of piperidine rings is 1. The fourth-order valence-electron chi connectivity index (χ4n) is 3.61. The minimum atomic E-state index is -0.937. The molecule has 3 unspecified atom stereocenters. The Morgan fingerprint density at radius 2 is 2.00 bits per heavy atom. The molecule has 2 N–H and O–H groups in total. The van der Waals surface area contributed by atoms with E-state index in [4.69, 9.17) is 0 Å². The maximum Gasteiger partial charge on any atom is 0.326 e. The molecule has 20 heavy (non-hydrogen) atoms. The molecule has 114 valence electrons. The number of fused-ring (bicyclic) bond motifs is 1. The molecule has 1 aliphatic carbocycles. The van der Waals surface area contributed by atoms with Gasteiger partial charge in [0, 0.05) is 12.6 Å². The standard InChI is InChI=1S/C15H26N2O3/c1-3-10(2)13(14(18)19)16-15(20)17-9-5-7-11-6-4-8-12(11)17/h10-13H,3-9H2,1-2H3,(H,16,20)(H,18,19)/t10?,11?,12?,13-/m0/s1. The second-order valence-electron chi connectivity index (χ2n) is 6.24. The maximum atomic E-state index is 12.4. The fourth-order valence-corrected chi connectivity index (χ4v) is 3.61. The van der Waals surface area contributed by atoms with E-state index in [0.29, 0.717) is 12.0 Å². The van der Waals surface area contributed by atoms with Gasteiger partial charge in [0.1, 0.15) is 6.04 Å². The van der Waals surface area contributed by atoms with Crippen molar-refractivity contribution < 1.29 is 14.7 Å². The van der Waals surface area contributed by atoms with Crippen molar-refractivity contribution in [1.29, 1.82) is 0 Å². The summed E-state index contributed by atoms with van der Waals surface area (Å²) in [6, 6.07) is -0.640. The van der Waals surface area contributed by atoms with Crippen molar-refractivity contribution in [3.05, 3.63) is 0 Å². The first kappa shape index (κ1) is 15.1. The molecule has 2 aliphatic rings. The van der Waals surface area contributed by atoms with Gasteiger partial charge in [-0.1, -0.05) is 26.7 Å². The highest BCUT2D eigenvalue weighted by molar-refractivity contribution is 5.83. The molecule has 0 aromatic rings. The summed E-state index contributed by atoms with van der Waals surface area (Å²) in [4.78, 5) is 25.6. The molecule has 5 nitrogen and oxygen atoms in total. The average molecular weight is 282 g/mol. The molecule has 1 heterocycles. The Bertz CT molecular complexity index is 372. The summed E-state index contributed by atoms with van der Waals surface area (Å²) in [6.07, 6.45) is 6.45. The van der Waals surface area contributed by atoms with E-state index in [-0.39, 0.29) is 11.9 Å². The van der Waals surface area contributed by atoms with Crippen LogP contribution in [0.4, 0.5) is 4.79 Å². The Hall–Kier alpha value is -1.26. The van der Waals surface area contributed by atoms with Crippen LogP contribution < -0.4 is 5.32 Å². The first-order valence-corrected chi connectivity index (χ1v) is 7.84. The number of urea groups is 1. The largest absolute Gasteiger partial charge is 0.480 e. The number of hydrogen-bond donors (Lipinski definition) is 2. The minimum absolute atomic E-state index is 0.0550. The highest BCUT2D eigenvalue weighted by Crippen LogP contribution is 2.36. The number of amides is 2. The number of carbonyl (C=O) groups excluding carboxylic acids is 1. The summed E-state index contributed by atoms with van der Waals surface area (Å²) in [6.45, 7) is 4.58. The molecular weight excluding hydrogens is 256 g/mol. The molecule has 0 radical (unpaired) electrons. The molecule has 0 bridgehead atoms. The number of carboxylic acid groups (broad SMARTS) is 1. The Morgan fingerprint density at radius 1 is 1.30 bits per heavy atom. The highest BCUT2D eigenvalue weighted by Gasteiger charge is 2.38. The molecule has 4 atom stereocenters. The molecule has 1 aliphatic heterocycles. The third-order valence-electron chi connectivity index (χ3n) is 5.01. The summed E-state index contributed by atoms with van der Waals surface area (Å²) in [5.41, 5.74) is 0. The zero-order chi connectivity index (χ0) is 14.7. The van der Waals surface area contributed by atoms with Crippen LogP contribution in [-0.4, -0.2) is 40.6 Å². The molecule has 5 heteroatoms. The van der Waals surface area contributed by atoms with Crippen LogP contribution in [-0.2, 0) is 4.79 Å². The lowest BCUT2D eigenvalue weighted by atomic mass is 9.92. The van der Waals surface area contributed by atoms with Crippen LogP contribution in [0, 0.1) is 11.8 Å². The van der Waals surface area contributed by atoms with E-state index < -0.39 is 12.0 Å². The van der Waals surface area contributed by atoms with Gasteiger partial charge in [0.05, 0.1) is 0 Å². The Balaban J connectivity index is 2.00. The van der Waals surface area contributed by atoms with E-state index in [9.17, 15) is 14.7 Å². The molecule has 2 fully saturated rings. The maximum absolute atomic E-state index is 12.4. The zero-order valence-corrected chi connectivity index (χ0v) is 12.5. The molecule has 1 saturated carbocycles. The van der Waals surface area contributed by atoms with Gasteiger partial charge in [-0.15, -0.1) is 0 Å². The van der Waals surface area contributed by atoms with Crippen molar-refractivity contribution in [2.24, 2.45) is 11.8 Å². The first-order valence-electron chi connectivity index (χ1n) is 7.84. The van der Waals surface area contributed by atoms with Gasteiger partial charge in [-0.3, -0.25) is 0 Å². The van der Waals surface area contributed by atoms with Crippen molar-refractivity contribution in [1.82, 2.24) is 10.2 Å². The van der Waals surface area contributed by atoms with E-state index in [2.05, 4.69) is 5.32 Å². The number of nitrogens with one attached hydrogen (secondary N) is 1. The smallest absolute Gasteiger partial charge is 0.326 e. The van der Waals surface area contributed by atoms with E-state index in [1.807, 2.05) is 18.7 Å². The first-order chi connectivity index (χ1) is 9.54. The van der Waals surface area contributed by atoms with Gasteiger partial charge < -0.3 is 15.3 Å².